The van der Waals surface area contributed by atoms with Crippen molar-refractivity contribution in [3.63, 3.8) is 0 Å². The number of hydrogen-bond donors (Lipinski definition) is 2. The number of rotatable bonds is 6. The minimum atomic E-state index is 0. The molecular formula is C15H22IN5. The van der Waals surface area contributed by atoms with Crippen molar-refractivity contribution in [3.05, 3.63) is 54.1 Å². The first-order valence-corrected chi connectivity index (χ1v) is 6.85. The van der Waals surface area contributed by atoms with Gasteiger partial charge in [-0.25, -0.2) is 9.98 Å². The third-order valence-electron chi connectivity index (χ3n) is 2.90. The maximum atomic E-state index is 5.78. The Kier molecular flexibility index (Phi) is 7.81. The van der Waals surface area contributed by atoms with Gasteiger partial charge in [0.15, 0.2) is 5.96 Å². The van der Waals surface area contributed by atoms with Gasteiger partial charge in [-0.3, -0.25) is 0 Å². The molecule has 21 heavy (non-hydrogen) atoms. The number of aliphatic imine (C=N–C) groups is 1. The minimum Gasteiger partial charge on any atom is -0.370 e. The third-order valence-corrected chi connectivity index (χ3v) is 2.90. The molecule has 0 saturated carbocycles. The second-order valence-electron chi connectivity index (χ2n) is 4.68. The van der Waals surface area contributed by atoms with Gasteiger partial charge < -0.3 is 15.6 Å². The predicted molar refractivity (Wildman–Crippen MR) is 96.8 cm³/mol. The molecule has 0 aliphatic rings. The summed E-state index contributed by atoms with van der Waals surface area (Å²) in [6, 6.07) is 8.36. The number of guanidine groups is 1. The third kappa shape index (κ3) is 6.16. The summed E-state index contributed by atoms with van der Waals surface area (Å²) < 4.78 is 2.04. The summed E-state index contributed by atoms with van der Waals surface area (Å²) in [6.45, 7) is 4.37. The molecule has 6 heteroatoms. The van der Waals surface area contributed by atoms with Gasteiger partial charge in [0.2, 0.25) is 0 Å². The van der Waals surface area contributed by atoms with Gasteiger partial charge in [-0.05, 0) is 17.5 Å². The zero-order valence-corrected chi connectivity index (χ0v) is 14.5. The first kappa shape index (κ1) is 17.5. The van der Waals surface area contributed by atoms with Gasteiger partial charge in [0.05, 0.1) is 12.9 Å². The lowest BCUT2D eigenvalue weighted by Crippen LogP contribution is -2.32. The molecule has 1 heterocycles. The lowest BCUT2D eigenvalue weighted by molar-refractivity contribution is 0.794. The molecule has 0 fully saturated rings. The fourth-order valence-corrected chi connectivity index (χ4v) is 1.90. The summed E-state index contributed by atoms with van der Waals surface area (Å²) in [6.07, 6.45) is 6.60. The van der Waals surface area contributed by atoms with E-state index in [2.05, 4.69) is 40.4 Å². The Labute approximate surface area is 142 Å². The summed E-state index contributed by atoms with van der Waals surface area (Å²) in [7, 11) is 0. The van der Waals surface area contributed by atoms with E-state index >= 15 is 0 Å². The average molecular weight is 399 g/mol. The fourth-order valence-electron chi connectivity index (χ4n) is 1.90. The smallest absolute Gasteiger partial charge is 0.188 e. The molecule has 0 amide bonds. The van der Waals surface area contributed by atoms with Crippen molar-refractivity contribution >= 4 is 29.9 Å². The molecule has 2 aromatic rings. The highest BCUT2D eigenvalue weighted by Gasteiger charge is 1.98. The van der Waals surface area contributed by atoms with Crippen molar-refractivity contribution in [2.45, 2.75) is 26.4 Å². The van der Waals surface area contributed by atoms with Gasteiger partial charge in [0, 0.05) is 25.5 Å². The molecule has 0 spiro atoms. The molecule has 3 N–H and O–H groups in total. The van der Waals surface area contributed by atoms with Crippen molar-refractivity contribution in [2.75, 3.05) is 6.54 Å². The van der Waals surface area contributed by atoms with Gasteiger partial charge in [-0.2, -0.15) is 0 Å². The molecule has 0 atom stereocenters. The van der Waals surface area contributed by atoms with Crippen molar-refractivity contribution in [1.82, 2.24) is 14.9 Å². The highest BCUT2D eigenvalue weighted by molar-refractivity contribution is 14.0. The molecule has 1 aromatic carbocycles. The number of nitrogens with zero attached hydrogens (tertiary/aromatic N) is 3. The van der Waals surface area contributed by atoms with E-state index in [1.54, 1.807) is 6.20 Å². The maximum Gasteiger partial charge on any atom is 0.188 e. The van der Waals surface area contributed by atoms with Crippen LogP contribution in [0.1, 0.15) is 24.5 Å². The van der Waals surface area contributed by atoms with E-state index in [-0.39, 0.29) is 24.0 Å². The summed E-state index contributed by atoms with van der Waals surface area (Å²) in [5, 5.41) is 3.07. The number of benzene rings is 1. The number of aromatic nitrogens is 2. The number of nitrogens with one attached hydrogen (secondary N) is 1. The molecule has 114 valence electrons. The van der Waals surface area contributed by atoms with E-state index in [0.29, 0.717) is 12.5 Å². The van der Waals surface area contributed by atoms with Gasteiger partial charge in [-0.15, -0.1) is 24.0 Å². The zero-order chi connectivity index (χ0) is 14.2. The standard InChI is InChI=1S/C15H21N5.HI/c1-2-6-18-15(16)19-10-13-4-3-5-14(9-13)11-20-8-7-17-12-20;/h3-5,7-9,12H,2,6,10-11H2,1H3,(H3,16,18,19);1H. The van der Waals surface area contributed by atoms with Crippen LogP contribution in [0.5, 0.6) is 0 Å². The molecule has 0 bridgehead atoms. The Morgan fingerprint density at radius 1 is 1.38 bits per heavy atom. The SMILES string of the molecule is CCCNC(N)=NCc1cccc(Cn2ccnc2)c1.I. The van der Waals surface area contributed by atoms with E-state index in [4.69, 9.17) is 5.73 Å². The van der Waals surface area contributed by atoms with Crippen LogP contribution in [0.25, 0.3) is 0 Å². The van der Waals surface area contributed by atoms with E-state index in [9.17, 15) is 0 Å². The average Bonchev–Trinajstić information content (AvgIpc) is 2.96. The van der Waals surface area contributed by atoms with E-state index in [1.165, 1.54) is 5.56 Å². The van der Waals surface area contributed by atoms with Crippen molar-refractivity contribution in [1.29, 1.82) is 0 Å². The van der Waals surface area contributed by atoms with Crippen LogP contribution in [0.4, 0.5) is 0 Å². The lowest BCUT2D eigenvalue weighted by atomic mass is 10.1. The van der Waals surface area contributed by atoms with E-state index in [0.717, 1.165) is 25.1 Å². The van der Waals surface area contributed by atoms with Crippen LogP contribution in [0.2, 0.25) is 0 Å². The fraction of sp³-hybridized carbons (Fsp3) is 0.333. The number of hydrogen-bond acceptors (Lipinski definition) is 2. The largest absolute Gasteiger partial charge is 0.370 e. The van der Waals surface area contributed by atoms with Crippen LogP contribution in [-0.4, -0.2) is 22.1 Å². The minimum absolute atomic E-state index is 0. The monoisotopic (exact) mass is 399 g/mol. The van der Waals surface area contributed by atoms with Gasteiger partial charge in [-0.1, -0.05) is 31.2 Å². The molecule has 0 aliphatic heterocycles. The van der Waals surface area contributed by atoms with E-state index in [1.807, 2.05) is 23.2 Å². The predicted octanol–water partition coefficient (Wildman–Crippen LogP) is 2.36. The zero-order valence-electron chi connectivity index (χ0n) is 12.2. The van der Waals surface area contributed by atoms with Crippen LogP contribution >= 0.6 is 24.0 Å². The Morgan fingerprint density at radius 3 is 2.90 bits per heavy atom. The van der Waals surface area contributed by atoms with Gasteiger partial charge in [0.25, 0.3) is 0 Å². The second kappa shape index (κ2) is 9.38. The Balaban J connectivity index is 0.00000220. The topological polar surface area (TPSA) is 68.2 Å². The lowest BCUT2D eigenvalue weighted by Gasteiger charge is -2.06. The first-order valence-electron chi connectivity index (χ1n) is 6.85. The molecule has 5 nitrogen and oxygen atoms in total. The van der Waals surface area contributed by atoms with Gasteiger partial charge >= 0.3 is 0 Å². The van der Waals surface area contributed by atoms with Crippen LogP contribution in [0, 0.1) is 0 Å². The Hall–Kier alpha value is -1.57. The Bertz CT molecular complexity index is 551. The summed E-state index contributed by atoms with van der Waals surface area (Å²) in [5.74, 6) is 0.506. The van der Waals surface area contributed by atoms with Crippen LogP contribution < -0.4 is 11.1 Å². The van der Waals surface area contributed by atoms with Crippen molar-refractivity contribution in [2.24, 2.45) is 10.7 Å². The highest BCUT2D eigenvalue weighted by atomic mass is 127. The summed E-state index contributed by atoms with van der Waals surface area (Å²) in [4.78, 5) is 8.38. The first-order chi connectivity index (χ1) is 9.78. The number of halogens is 1. The van der Waals surface area contributed by atoms with E-state index < -0.39 is 0 Å². The molecule has 0 aliphatic carbocycles. The van der Waals surface area contributed by atoms with Crippen molar-refractivity contribution in [3.8, 4) is 0 Å². The second-order valence-corrected chi connectivity index (χ2v) is 4.68. The number of imidazole rings is 1. The quantitative estimate of drug-likeness (QED) is 0.445. The highest BCUT2D eigenvalue weighted by Crippen LogP contribution is 2.08. The van der Waals surface area contributed by atoms with Gasteiger partial charge in [0.1, 0.15) is 0 Å². The summed E-state index contributed by atoms with van der Waals surface area (Å²) >= 11 is 0. The van der Waals surface area contributed by atoms with Crippen LogP contribution in [0.15, 0.2) is 48.0 Å². The maximum absolute atomic E-state index is 5.78. The normalized spacial score (nSPS) is 11.0. The van der Waals surface area contributed by atoms with Crippen LogP contribution in [0.3, 0.4) is 0 Å². The molecular weight excluding hydrogens is 377 g/mol. The number of nitrogens with two attached hydrogens (primary N) is 1. The molecule has 0 saturated heterocycles. The van der Waals surface area contributed by atoms with Crippen molar-refractivity contribution < 1.29 is 0 Å². The molecule has 0 radical (unpaired) electrons. The summed E-state index contributed by atoms with van der Waals surface area (Å²) in [5.41, 5.74) is 8.17. The molecule has 0 unspecified atom stereocenters. The van der Waals surface area contributed by atoms with Crippen LogP contribution in [-0.2, 0) is 13.1 Å². The molecule has 2 rings (SSSR count). The molecule has 1 aromatic heterocycles. The Morgan fingerprint density at radius 2 is 2.19 bits per heavy atom.